The second-order valence-corrected chi connectivity index (χ2v) is 7.25. The van der Waals surface area contributed by atoms with E-state index in [0.29, 0.717) is 12.5 Å². The van der Waals surface area contributed by atoms with Crippen LogP contribution in [-0.4, -0.2) is 50.4 Å². The molecule has 1 fully saturated rings. The van der Waals surface area contributed by atoms with Gasteiger partial charge in [0.1, 0.15) is 4.88 Å². The van der Waals surface area contributed by atoms with Crippen LogP contribution < -0.4 is 0 Å². The molecular weight excluding hydrogens is 324 g/mol. The Morgan fingerprint density at radius 1 is 1.42 bits per heavy atom. The summed E-state index contributed by atoms with van der Waals surface area (Å²) in [4.78, 5) is 19.7. The SMILES string of the molecule is CCCc1ncc(C(=O)N2CCC(c3ccnn3CCO)CC2)s1. The fourth-order valence-electron chi connectivity index (χ4n) is 3.24. The van der Waals surface area contributed by atoms with Gasteiger partial charge in [0.05, 0.1) is 24.4 Å². The maximum atomic E-state index is 12.6. The van der Waals surface area contributed by atoms with Crippen molar-refractivity contribution >= 4 is 17.2 Å². The van der Waals surface area contributed by atoms with Crippen LogP contribution in [0.25, 0.3) is 0 Å². The van der Waals surface area contributed by atoms with Crippen LogP contribution >= 0.6 is 11.3 Å². The molecule has 0 spiro atoms. The van der Waals surface area contributed by atoms with Gasteiger partial charge in [-0.25, -0.2) is 4.98 Å². The van der Waals surface area contributed by atoms with Gasteiger partial charge in [0.2, 0.25) is 0 Å². The van der Waals surface area contributed by atoms with Crippen molar-refractivity contribution in [3.63, 3.8) is 0 Å². The summed E-state index contributed by atoms with van der Waals surface area (Å²) in [5, 5.41) is 14.4. The van der Waals surface area contributed by atoms with Gasteiger partial charge in [-0.15, -0.1) is 11.3 Å². The fourth-order valence-corrected chi connectivity index (χ4v) is 4.23. The zero-order chi connectivity index (χ0) is 16.9. The van der Waals surface area contributed by atoms with E-state index < -0.39 is 0 Å². The average molecular weight is 348 g/mol. The van der Waals surface area contributed by atoms with Crippen molar-refractivity contribution in [2.75, 3.05) is 19.7 Å². The van der Waals surface area contributed by atoms with Gasteiger partial charge in [0.25, 0.3) is 5.91 Å². The molecule has 24 heavy (non-hydrogen) atoms. The Labute approximate surface area is 146 Å². The number of piperidine rings is 1. The summed E-state index contributed by atoms with van der Waals surface area (Å²) in [7, 11) is 0. The van der Waals surface area contributed by atoms with E-state index in [0.717, 1.165) is 48.7 Å². The molecule has 3 rings (SSSR count). The topological polar surface area (TPSA) is 71.2 Å². The number of carbonyl (C=O) groups excluding carboxylic acids is 1. The number of carbonyl (C=O) groups is 1. The molecule has 0 atom stereocenters. The molecule has 6 nitrogen and oxygen atoms in total. The molecule has 3 heterocycles. The normalized spacial score (nSPS) is 15.8. The maximum absolute atomic E-state index is 12.6. The minimum Gasteiger partial charge on any atom is -0.394 e. The van der Waals surface area contributed by atoms with Crippen LogP contribution in [0, 0.1) is 0 Å². The van der Waals surface area contributed by atoms with Crippen molar-refractivity contribution in [2.24, 2.45) is 0 Å². The van der Waals surface area contributed by atoms with Crippen LogP contribution in [0.3, 0.4) is 0 Å². The molecule has 0 aromatic carbocycles. The van der Waals surface area contributed by atoms with Crippen LogP contribution in [-0.2, 0) is 13.0 Å². The first-order valence-electron chi connectivity index (χ1n) is 8.59. The Balaban J connectivity index is 1.59. The third-order valence-corrected chi connectivity index (χ3v) is 5.53. The van der Waals surface area contributed by atoms with E-state index in [1.54, 1.807) is 12.4 Å². The van der Waals surface area contributed by atoms with E-state index in [1.807, 2.05) is 15.6 Å². The third kappa shape index (κ3) is 3.67. The summed E-state index contributed by atoms with van der Waals surface area (Å²) in [6.45, 7) is 4.26. The lowest BCUT2D eigenvalue weighted by molar-refractivity contribution is 0.0715. The molecule has 1 aliphatic rings. The predicted molar refractivity (Wildman–Crippen MR) is 93.3 cm³/mol. The Morgan fingerprint density at radius 2 is 2.21 bits per heavy atom. The molecule has 1 aliphatic heterocycles. The summed E-state index contributed by atoms with van der Waals surface area (Å²) < 4.78 is 1.88. The van der Waals surface area contributed by atoms with Crippen molar-refractivity contribution in [1.82, 2.24) is 19.7 Å². The standard InChI is InChI=1S/C17H24N4O2S/c1-2-3-16-18-12-15(24-16)17(23)20-8-5-13(6-9-20)14-4-7-19-21(14)10-11-22/h4,7,12-13,22H,2-3,5-6,8-11H2,1H3. The van der Waals surface area contributed by atoms with E-state index in [2.05, 4.69) is 17.0 Å². The van der Waals surface area contributed by atoms with Crippen LogP contribution in [0.1, 0.15) is 52.5 Å². The lowest BCUT2D eigenvalue weighted by Crippen LogP contribution is -2.38. The molecule has 1 N–H and O–H groups in total. The second-order valence-electron chi connectivity index (χ2n) is 6.14. The smallest absolute Gasteiger partial charge is 0.265 e. The molecule has 0 aliphatic carbocycles. The Kier molecular flexibility index (Phi) is 5.63. The number of nitrogens with zero attached hydrogens (tertiary/aromatic N) is 4. The van der Waals surface area contributed by atoms with E-state index in [-0.39, 0.29) is 12.5 Å². The Morgan fingerprint density at radius 3 is 2.92 bits per heavy atom. The van der Waals surface area contributed by atoms with Crippen LogP contribution in [0.4, 0.5) is 0 Å². The summed E-state index contributed by atoms with van der Waals surface area (Å²) in [5.74, 6) is 0.511. The van der Waals surface area contributed by atoms with E-state index in [1.165, 1.54) is 17.0 Å². The number of hydrogen-bond donors (Lipinski definition) is 1. The molecule has 0 bridgehead atoms. The second kappa shape index (κ2) is 7.90. The number of aliphatic hydroxyl groups is 1. The van der Waals surface area contributed by atoms with Gasteiger partial charge < -0.3 is 10.0 Å². The number of hydrogen-bond acceptors (Lipinski definition) is 5. The quantitative estimate of drug-likeness (QED) is 0.869. The Bertz CT molecular complexity index is 674. The number of amides is 1. The minimum atomic E-state index is 0.0947. The molecule has 0 saturated carbocycles. The number of aromatic nitrogens is 3. The zero-order valence-corrected chi connectivity index (χ0v) is 14.8. The van der Waals surface area contributed by atoms with Crippen molar-refractivity contribution in [1.29, 1.82) is 0 Å². The van der Waals surface area contributed by atoms with Gasteiger partial charge in [-0.3, -0.25) is 9.48 Å². The highest BCUT2D eigenvalue weighted by atomic mass is 32.1. The largest absolute Gasteiger partial charge is 0.394 e. The van der Waals surface area contributed by atoms with Gasteiger partial charge in [0, 0.05) is 30.9 Å². The van der Waals surface area contributed by atoms with E-state index >= 15 is 0 Å². The third-order valence-electron chi connectivity index (χ3n) is 4.49. The van der Waals surface area contributed by atoms with Crippen LogP contribution in [0.5, 0.6) is 0 Å². The molecule has 0 radical (unpaired) electrons. The zero-order valence-electron chi connectivity index (χ0n) is 14.0. The van der Waals surface area contributed by atoms with Gasteiger partial charge in [0.15, 0.2) is 0 Å². The molecule has 2 aromatic heterocycles. The average Bonchev–Trinajstić information content (AvgIpc) is 3.25. The number of likely N-dealkylation sites (tertiary alicyclic amines) is 1. The minimum absolute atomic E-state index is 0.0947. The summed E-state index contributed by atoms with van der Waals surface area (Å²) in [6.07, 6.45) is 7.37. The van der Waals surface area contributed by atoms with Crippen molar-refractivity contribution in [3.8, 4) is 0 Å². The molecular formula is C17H24N4O2S. The van der Waals surface area contributed by atoms with Gasteiger partial charge >= 0.3 is 0 Å². The lowest BCUT2D eigenvalue weighted by Gasteiger charge is -2.32. The molecule has 130 valence electrons. The van der Waals surface area contributed by atoms with Gasteiger partial charge in [-0.1, -0.05) is 6.92 Å². The van der Waals surface area contributed by atoms with Gasteiger partial charge in [-0.2, -0.15) is 5.10 Å². The van der Waals surface area contributed by atoms with Crippen molar-refractivity contribution < 1.29 is 9.90 Å². The highest BCUT2D eigenvalue weighted by molar-refractivity contribution is 7.13. The first-order chi connectivity index (χ1) is 11.7. The highest BCUT2D eigenvalue weighted by Crippen LogP contribution is 2.29. The summed E-state index contributed by atoms with van der Waals surface area (Å²) in [6, 6.07) is 2.03. The summed E-state index contributed by atoms with van der Waals surface area (Å²) >= 11 is 1.52. The molecule has 0 unspecified atom stereocenters. The summed E-state index contributed by atoms with van der Waals surface area (Å²) in [5.41, 5.74) is 1.17. The van der Waals surface area contributed by atoms with Crippen molar-refractivity contribution in [2.45, 2.75) is 45.1 Å². The highest BCUT2D eigenvalue weighted by Gasteiger charge is 2.27. The van der Waals surface area contributed by atoms with Crippen LogP contribution in [0.15, 0.2) is 18.5 Å². The molecule has 7 heteroatoms. The van der Waals surface area contributed by atoms with Crippen LogP contribution in [0.2, 0.25) is 0 Å². The number of aryl methyl sites for hydroxylation is 1. The fraction of sp³-hybridized carbons (Fsp3) is 0.588. The Hall–Kier alpha value is -1.73. The monoisotopic (exact) mass is 348 g/mol. The first kappa shape index (κ1) is 17.1. The van der Waals surface area contributed by atoms with E-state index in [4.69, 9.17) is 5.11 Å². The predicted octanol–water partition coefficient (Wildman–Crippen LogP) is 2.30. The number of thiazole rings is 1. The number of aliphatic hydroxyl groups excluding tert-OH is 1. The van der Waals surface area contributed by atoms with Crippen molar-refractivity contribution in [3.05, 3.63) is 34.0 Å². The molecule has 1 amide bonds. The van der Waals surface area contributed by atoms with Gasteiger partial charge in [-0.05, 0) is 31.7 Å². The molecule has 1 saturated heterocycles. The maximum Gasteiger partial charge on any atom is 0.265 e. The lowest BCUT2D eigenvalue weighted by atomic mass is 9.93. The number of rotatable bonds is 6. The molecule has 2 aromatic rings. The first-order valence-corrected chi connectivity index (χ1v) is 9.41. The van der Waals surface area contributed by atoms with E-state index in [9.17, 15) is 4.79 Å².